The number of anilines is 2. The molecule has 10 heteroatoms. The van der Waals surface area contributed by atoms with Crippen LogP contribution < -0.4 is 10.9 Å². The van der Waals surface area contributed by atoms with E-state index in [1.807, 2.05) is 0 Å². The van der Waals surface area contributed by atoms with Crippen LogP contribution in [-0.4, -0.2) is 15.7 Å². The molecule has 0 saturated heterocycles. The Morgan fingerprint density at radius 2 is 1.67 bits per heavy atom. The normalized spacial score (nSPS) is 11.6. The third-order valence-corrected chi connectivity index (χ3v) is 4.17. The van der Waals surface area contributed by atoms with E-state index in [0.29, 0.717) is 17.3 Å². The van der Waals surface area contributed by atoms with Crippen LogP contribution in [0.3, 0.4) is 0 Å². The molecule has 0 unspecified atom stereocenters. The first-order valence-corrected chi connectivity index (χ1v) is 8.65. The van der Waals surface area contributed by atoms with Crippen molar-refractivity contribution < 1.29 is 26.3 Å². The number of nitrogens with one attached hydrogen (secondary N) is 1. The third kappa shape index (κ3) is 5.40. The molecule has 0 radical (unpaired) electrons. The smallest absolute Gasteiger partial charge is 0.325 e. The molecule has 0 fully saturated rings. The predicted octanol–water partition coefficient (Wildman–Crippen LogP) is 4.87. The zero-order valence-electron chi connectivity index (χ0n) is 15.5. The fourth-order valence-corrected chi connectivity index (χ4v) is 2.91. The minimum absolute atomic E-state index is 0.0465. The van der Waals surface area contributed by atoms with Gasteiger partial charge in [0.2, 0.25) is 11.8 Å². The quantitative estimate of drug-likeness (QED) is 0.592. The van der Waals surface area contributed by atoms with Gasteiger partial charge in [0.15, 0.2) is 0 Å². The van der Waals surface area contributed by atoms with Crippen LogP contribution in [0.4, 0.5) is 38.0 Å². The zero-order valence-corrected chi connectivity index (χ0v) is 15.5. The van der Waals surface area contributed by atoms with Crippen LogP contribution in [0.15, 0.2) is 47.4 Å². The third-order valence-electron chi connectivity index (χ3n) is 4.17. The molecular weight excluding hydrogens is 412 g/mol. The Hall–Kier alpha value is -3.30. The molecule has 0 amide bonds. The second-order valence-corrected chi connectivity index (χ2v) is 6.69. The second-order valence-electron chi connectivity index (χ2n) is 6.69. The summed E-state index contributed by atoms with van der Waals surface area (Å²) in [5.41, 5.74) is -0.203. The highest BCUT2D eigenvalue weighted by molar-refractivity contribution is 5.59. The molecule has 0 spiro atoms. The summed E-state index contributed by atoms with van der Waals surface area (Å²) in [5.74, 6) is -2.97. The van der Waals surface area contributed by atoms with E-state index in [1.165, 1.54) is 18.2 Å². The highest BCUT2D eigenvalue weighted by Gasteiger charge is 2.27. The second kappa shape index (κ2) is 8.21. The summed E-state index contributed by atoms with van der Waals surface area (Å²) in [6.45, 7) is 1.34. The minimum atomic E-state index is -4.36. The molecule has 4 nitrogen and oxygen atoms in total. The summed E-state index contributed by atoms with van der Waals surface area (Å²) in [6.07, 6.45) is -4.63. The van der Waals surface area contributed by atoms with Gasteiger partial charge in [0.05, 0.1) is 13.0 Å². The van der Waals surface area contributed by atoms with Crippen molar-refractivity contribution in [2.75, 3.05) is 5.32 Å². The number of nitrogens with zero attached hydrogens (tertiary/aromatic N) is 2. The van der Waals surface area contributed by atoms with Gasteiger partial charge in [-0.2, -0.15) is 22.5 Å². The molecule has 1 N–H and O–H groups in total. The van der Waals surface area contributed by atoms with Crippen LogP contribution in [0.25, 0.3) is 0 Å². The van der Waals surface area contributed by atoms with Crippen molar-refractivity contribution >= 4 is 11.6 Å². The van der Waals surface area contributed by atoms with Crippen molar-refractivity contribution in [2.45, 2.75) is 26.1 Å². The van der Waals surface area contributed by atoms with Crippen molar-refractivity contribution in [2.24, 2.45) is 0 Å². The molecule has 1 heterocycles. The van der Waals surface area contributed by atoms with Crippen LogP contribution in [0.1, 0.15) is 16.7 Å². The van der Waals surface area contributed by atoms with E-state index in [-0.39, 0.29) is 23.6 Å². The number of hydrogen-bond acceptors (Lipinski definition) is 3. The molecule has 0 aliphatic rings. The Kier molecular flexibility index (Phi) is 5.86. The molecule has 30 heavy (non-hydrogen) atoms. The van der Waals surface area contributed by atoms with Crippen molar-refractivity contribution in [3.8, 4) is 0 Å². The molecule has 0 aliphatic heterocycles. The summed E-state index contributed by atoms with van der Waals surface area (Å²) in [4.78, 5) is 15.2. The van der Waals surface area contributed by atoms with Crippen LogP contribution in [0.5, 0.6) is 0 Å². The van der Waals surface area contributed by atoms with Gasteiger partial charge in [-0.05, 0) is 41.8 Å². The number of rotatable bonds is 5. The minimum Gasteiger partial charge on any atom is -0.325 e. The van der Waals surface area contributed by atoms with Gasteiger partial charge in [0.1, 0.15) is 11.6 Å². The average molecular weight is 427 g/mol. The van der Waals surface area contributed by atoms with E-state index < -0.39 is 35.6 Å². The van der Waals surface area contributed by atoms with Gasteiger partial charge in [0, 0.05) is 18.0 Å². The summed E-state index contributed by atoms with van der Waals surface area (Å²) >= 11 is 0. The van der Waals surface area contributed by atoms with E-state index in [1.54, 1.807) is 6.92 Å². The number of benzene rings is 2. The van der Waals surface area contributed by atoms with Gasteiger partial charge in [-0.25, -0.2) is 8.78 Å². The molecule has 1 aromatic heterocycles. The van der Waals surface area contributed by atoms with Crippen LogP contribution in [0.2, 0.25) is 0 Å². The Balaban J connectivity index is 1.94. The van der Waals surface area contributed by atoms with E-state index in [2.05, 4.69) is 10.3 Å². The molecule has 3 rings (SSSR count). The fourth-order valence-electron chi connectivity index (χ4n) is 2.91. The number of halogens is 6. The maximum absolute atomic E-state index is 13.8. The molecule has 0 atom stereocenters. The van der Waals surface area contributed by atoms with Crippen molar-refractivity contribution in [3.63, 3.8) is 0 Å². The fraction of sp³-hybridized carbons (Fsp3) is 0.200. The maximum atomic E-state index is 13.8. The SMILES string of the molecule is Cc1cc(CC(F)(F)F)ccc1Nc1nc(=O)c(F)cn1Cc1cc(F)cc(F)c1. The van der Waals surface area contributed by atoms with Gasteiger partial charge in [-0.3, -0.25) is 4.79 Å². The van der Waals surface area contributed by atoms with E-state index in [9.17, 15) is 31.1 Å². The van der Waals surface area contributed by atoms with Gasteiger partial charge in [-0.1, -0.05) is 12.1 Å². The Morgan fingerprint density at radius 1 is 1.00 bits per heavy atom. The largest absolute Gasteiger partial charge is 0.393 e. The Labute approximate surface area is 166 Å². The standard InChI is InChI=1S/C20H15F6N3O/c1-11-4-12(8-20(24,25)26)2-3-17(11)27-19-28-18(30)16(23)10-29(19)9-13-5-14(21)7-15(22)6-13/h2-7,10H,8-9H2,1H3,(H,27,28,30). The van der Waals surface area contributed by atoms with E-state index in [0.717, 1.165) is 22.9 Å². The number of hydrogen-bond donors (Lipinski definition) is 1. The van der Waals surface area contributed by atoms with Gasteiger partial charge < -0.3 is 9.88 Å². The highest BCUT2D eigenvalue weighted by atomic mass is 19.4. The van der Waals surface area contributed by atoms with Crippen molar-refractivity contribution in [3.05, 3.63) is 87.1 Å². The lowest BCUT2D eigenvalue weighted by Crippen LogP contribution is -2.20. The lowest BCUT2D eigenvalue weighted by atomic mass is 10.1. The van der Waals surface area contributed by atoms with Gasteiger partial charge >= 0.3 is 11.7 Å². The summed E-state index contributed by atoms with van der Waals surface area (Å²) in [7, 11) is 0. The Bertz CT molecular complexity index is 1120. The molecule has 158 valence electrons. The molecule has 0 saturated carbocycles. The number of aromatic nitrogens is 2. The molecule has 0 bridgehead atoms. The van der Waals surface area contributed by atoms with Crippen LogP contribution in [0, 0.1) is 24.4 Å². The Morgan fingerprint density at radius 3 is 2.27 bits per heavy atom. The first-order chi connectivity index (χ1) is 14.0. The maximum Gasteiger partial charge on any atom is 0.393 e. The van der Waals surface area contributed by atoms with Crippen LogP contribution in [-0.2, 0) is 13.0 Å². The van der Waals surface area contributed by atoms with E-state index in [4.69, 9.17) is 0 Å². The highest BCUT2D eigenvalue weighted by Crippen LogP contribution is 2.26. The summed E-state index contributed by atoms with van der Waals surface area (Å²) < 4.78 is 79.5. The first-order valence-electron chi connectivity index (χ1n) is 8.65. The van der Waals surface area contributed by atoms with Gasteiger partial charge in [0.25, 0.3) is 0 Å². The number of aryl methyl sites for hydroxylation is 1. The molecule has 2 aromatic carbocycles. The lowest BCUT2D eigenvalue weighted by Gasteiger charge is -2.16. The summed E-state index contributed by atoms with van der Waals surface area (Å²) in [5, 5.41) is 2.76. The monoisotopic (exact) mass is 427 g/mol. The first kappa shape index (κ1) is 21.4. The zero-order chi connectivity index (χ0) is 22.1. The lowest BCUT2D eigenvalue weighted by molar-refractivity contribution is -0.127. The van der Waals surface area contributed by atoms with E-state index >= 15 is 0 Å². The predicted molar refractivity (Wildman–Crippen MR) is 98.1 cm³/mol. The van der Waals surface area contributed by atoms with Gasteiger partial charge in [-0.15, -0.1) is 0 Å². The van der Waals surface area contributed by atoms with Crippen molar-refractivity contribution in [1.82, 2.24) is 9.55 Å². The summed E-state index contributed by atoms with van der Waals surface area (Å²) in [6, 6.07) is 6.72. The molecular formula is C20H15F6N3O. The topological polar surface area (TPSA) is 46.9 Å². The molecule has 3 aromatic rings. The number of alkyl halides is 3. The molecule has 0 aliphatic carbocycles. The average Bonchev–Trinajstić information content (AvgIpc) is 2.59. The van der Waals surface area contributed by atoms with Crippen LogP contribution >= 0.6 is 0 Å². The van der Waals surface area contributed by atoms with Crippen molar-refractivity contribution in [1.29, 1.82) is 0 Å².